The third kappa shape index (κ3) is 2.19. The first-order valence-corrected chi connectivity index (χ1v) is 6.08. The molecule has 0 radical (unpaired) electrons. The summed E-state index contributed by atoms with van der Waals surface area (Å²) in [7, 11) is 0. The van der Waals surface area contributed by atoms with Crippen molar-refractivity contribution < 1.29 is 9.26 Å². The van der Waals surface area contributed by atoms with Crippen molar-refractivity contribution >= 4 is 6.01 Å². The second-order valence-electron chi connectivity index (χ2n) is 4.59. The first kappa shape index (κ1) is 10.1. The number of rotatable bonds is 6. The average molecular weight is 223 g/mol. The predicted molar refractivity (Wildman–Crippen MR) is 58.0 cm³/mol. The lowest BCUT2D eigenvalue weighted by molar-refractivity contribution is 0.0385. The first-order chi connectivity index (χ1) is 7.86. The van der Waals surface area contributed by atoms with Crippen LogP contribution >= 0.6 is 0 Å². The van der Waals surface area contributed by atoms with Gasteiger partial charge in [-0.15, -0.1) is 0 Å². The van der Waals surface area contributed by atoms with Gasteiger partial charge in [-0.05, 0) is 38.5 Å². The van der Waals surface area contributed by atoms with Gasteiger partial charge >= 0.3 is 6.01 Å². The molecule has 2 aliphatic carbocycles. The van der Waals surface area contributed by atoms with Gasteiger partial charge in [0.05, 0.1) is 0 Å². The highest BCUT2D eigenvalue weighted by molar-refractivity contribution is 5.24. The molecule has 16 heavy (non-hydrogen) atoms. The highest BCUT2D eigenvalue weighted by atomic mass is 16.5. The van der Waals surface area contributed by atoms with Gasteiger partial charge in [0.1, 0.15) is 6.10 Å². The quantitative estimate of drug-likeness (QED) is 0.800. The van der Waals surface area contributed by atoms with E-state index in [1.165, 1.54) is 25.7 Å². The minimum absolute atomic E-state index is 0.0310. The lowest BCUT2D eigenvalue weighted by atomic mass is 10.2. The Morgan fingerprint density at radius 3 is 2.88 bits per heavy atom. The summed E-state index contributed by atoms with van der Waals surface area (Å²) in [6, 6.07) is 1.09. The molecule has 88 valence electrons. The summed E-state index contributed by atoms with van der Waals surface area (Å²) in [5.74, 6) is 1.29. The van der Waals surface area contributed by atoms with Crippen molar-refractivity contribution in [1.82, 2.24) is 10.1 Å². The van der Waals surface area contributed by atoms with Gasteiger partial charge in [0.25, 0.3) is 0 Å². The van der Waals surface area contributed by atoms with E-state index in [4.69, 9.17) is 9.26 Å². The molecular formula is C11H17N3O2. The van der Waals surface area contributed by atoms with Crippen LogP contribution in [0, 0.1) is 5.92 Å². The molecule has 1 unspecified atom stereocenters. The van der Waals surface area contributed by atoms with Crippen LogP contribution in [0.3, 0.4) is 0 Å². The first-order valence-electron chi connectivity index (χ1n) is 6.08. The van der Waals surface area contributed by atoms with Crippen molar-refractivity contribution in [2.45, 2.75) is 44.8 Å². The summed E-state index contributed by atoms with van der Waals surface area (Å²) >= 11 is 0. The molecule has 5 nitrogen and oxygen atoms in total. The molecule has 2 fully saturated rings. The molecule has 2 saturated carbocycles. The van der Waals surface area contributed by atoms with Gasteiger partial charge in [0, 0.05) is 12.6 Å². The van der Waals surface area contributed by atoms with E-state index < -0.39 is 0 Å². The topological polar surface area (TPSA) is 60.2 Å². The maximum absolute atomic E-state index is 5.67. The summed E-state index contributed by atoms with van der Waals surface area (Å²) in [5, 5.41) is 7.20. The molecular weight excluding hydrogens is 206 g/mol. The van der Waals surface area contributed by atoms with Crippen molar-refractivity contribution in [3.05, 3.63) is 5.82 Å². The SMILES string of the molecule is CCOC(c1noc(NC2CC2)n1)C1CC1. The van der Waals surface area contributed by atoms with Gasteiger partial charge in [-0.2, -0.15) is 4.98 Å². The van der Waals surface area contributed by atoms with Crippen LogP contribution in [0.25, 0.3) is 0 Å². The number of aromatic nitrogens is 2. The molecule has 3 rings (SSSR count). The summed E-state index contributed by atoms with van der Waals surface area (Å²) in [5.41, 5.74) is 0. The third-order valence-electron chi connectivity index (χ3n) is 3.00. The molecule has 1 N–H and O–H groups in total. The minimum Gasteiger partial charge on any atom is -0.370 e. The van der Waals surface area contributed by atoms with Crippen molar-refractivity contribution in [3.8, 4) is 0 Å². The minimum atomic E-state index is 0.0310. The van der Waals surface area contributed by atoms with Crippen LogP contribution in [-0.2, 0) is 4.74 Å². The number of nitrogens with one attached hydrogen (secondary N) is 1. The number of hydrogen-bond acceptors (Lipinski definition) is 5. The van der Waals surface area contributed by atoms with E-state index in [1.807, 2.05) is 6.92 Å². The van der Waals surface area contributed by atoms with Gasteiger partial charge in [-0.25, -0.2) is 0 Å². The van der Waals surface area contributed by atoms with Crippen molar-refractivity contribution in [2.75, 3.05) is 11.9 Å². The second kappa shape index (κ2) is 4.05. The Balaban J connectivity index is 1.67. The summed E-state index contributed by atoms with van der Waals surface area (Å²) in [4.78, 5) is 4.36. The Morgan fingerprint density at radius 2 is 2.25 bits per heavy atom. The Bertz CT molecular complexity index is 358. The van der Waals surface area contributed by atoms with Crippen LogP contribution in [-0.4, -0.2) is 22.8 Å². The monoisotopic (exact) mass is 223 g/mol. The normalized spacial score (nSPS) is 22.1. The number of ether oxygens (including phenoxy) is 1. The van der Waals surface area contributed by atoms with Crippen LogP contribution in [0.15, 0.2) is 4.52 Å². The number of nitrogens with zero attached hydrogens (tertiary/aromatic N) is 2. The molecule has 0 aromatic carbocycles. The van der Waals surface area contributed by atoms with Crippen LogP contribution < -0.4 is 5.32 Å². The largest absolute Gasteiger partial charge is 0.370 e. The van der Waals surface area contributed by atoms with E-state index in [0.717, 1.165) is 0 Å². The van der Waals surface area contributed by atoms with Crippen LogP contribution in [0.5, 0.6) is 0 Å². The predicted octanol–water partition coefficient (Wildman–Crippen LogP) is 2.13. The molecule has 0 saturated heterocycles. The number of anilines is 1. The van der Waals surface area contributed by atoms with Gasteiger partial charge in [-0.3, -0.25) is 0 Å². The zero-order chi connectivity index (χ0) is 11.0. The highest BCUT2D eigenvalue weighted by Crippen LogP contribution is 2.42. The lowest BCUT2D eigenvalue weighted by Gasteiger charge is -2.10. The molecule has 0 spiro atoms. The molecule has 0 bridgehead atoms. The molecule has 0 aliphatic heterocycles. The maximum atomic E-state index is 5.67. The van der Waals surface area contributed by atoms with Gasteiger partial charge in [-0.1, -0.05) is 5.16 Å². The molecule has 5 heteroatoms. The summed E-state index contributed by atoms with van der Waals surface area (Å²) < 4.78 is 10.8. The molecule has 0 amide bonds. The molecule has 1 atom stereocenters. The molecule has 1 heterocycles. The van der Waals surface area contributed by atoms with Gasteiger partial charge in [0.15, 0.2) is 0 Å². The van der Waals surface area contributed by atoms with Gasteiger partial charge < -0.3 is 14.6 Å². The van der Waals surface area contributed by atoms with E-state index in [1.54, 1.807) is 0 Å². The molecule has 2 aliphatic rings. The van der Waals surface area contributed by atoms with Crippen molar-refractivity contribution in [2.24, 2.45) is 5.92 Å². The highest BCUT2D eigenvalue weighted by Gasteiger charge is 2.36. The zero-order valence-corrected chi connectivity index (χ0v) is 9.48. The Morgan fingerprint density at radius 1 is 1.44 bits per heavy atom. The lowest BCUT2D eigenvalue weighted by Crippen LogP contribution is -2.09. The summed E-state index contributed by atoms with van der Waals surface area (Å²) in [6.45, 7) is 2.69. The van der Waals surface area contributed by atoms with E-state index in [-0.39, 0.29) is 6.10 Å². The van der Waals surface area contributed by atoms with Crippen LogP contribution in [0.1, 0.15) is 44.5 Å². The fraction of sp³-hybridized carbons (Fsp3) is 0.818. The van der Waals surface area contributed by atoms with E-state index in [0.29, 0.717) is 30.4 Å². The van der Waals surface area contributed by atoms with E-state index >= 15 is 0 Å². The van der Waals surface area contributed by atoms with E-state index in [9.17, 15) is 0 Å². The van der Waals surface area contributed by atoms with Crippen LogP contribution in [0.2, 0.25) is 0 Å². The Labute approximate surface area is 94.6 Å². The van der Waals surface area contributed by atoms with Gasteiger partial charge in [0.2, 0.25) is 5.82 Å². The van der Waals surface area contributed by atoms with E-state index in [2.05, 4.69) is 15.5 Å². The fourth-order valence-corrected chi connectivity index (χ4v) is 1.81. The molecule has 1 aromatic heterocycles. The number of hydrogen-bond donors (Lipinski definition) is 1. The second-order valence-corrected chi connectivity index (χ2v) is 4.59. The summed E-state index contributed by atoms with van der Waals surface area (Å²) in [6.07, 6.45) is 4.86. The Hall–Kier alpha value is -1.10. The van der Waals surface area contributed by atoms with Crippen LogP contribution in [0.4, 0.5) is 6.01 Å². The average Bonchev–Trinajstić information content (AvgIpc) is 3.15. The zero-order valence-electron chi connectivity index (χ0n) is 9.48. The smallest absolute Gasteiger partial charge is 0.321 e. The van der Waals surface area contributed by atoms with Crippen molar-refractivity contribution in [1.29, 1.82) is 0 Å². The maximum Gasteiger partial charge on any atom is 0.321 e. The fourth-order valence-electron chi connectivity index (χ4n) is 1.81. The van der Waals surface area contributed by atoms with Crippen molar-refractivity contribution in [3.63, 3.8) is 0 Å². The standard InChI is InChI=1S/C11H17N3O2/c1-2-15-9(7-3-4-7)10-13-11(16-14-10)12-8-5-6-8/h7-9H,2-6H2,1H3,(H,12,13,14). The third-order valence-corrected chi connectivity index (χ3v) is 3.00. The molecule has 1 aromatic rings. The Kier molecular flexibility index (Phi) is 2.55.